The van der Waals surface area contributed by atoms with E-state index in [9.17, 15) is 5.11 Å². The van der Waals surface area contributed by atoms with Gasteiger partial charge < -0.3 is 16.0 Å². The van der Waals surface area contributed by atoms with Gasteiger partial charge in [0.15, 0.2) is 5.84 Å². The summed E-state index contributed by atoms with van der Waals surface area (Å²) >= 11 is 0. The maximum Gasteiger partial charge on any atom is 0.170 e. The van der Waals surface area contributed by atoms with Crippen molar-refractivity contribution in [3.05, 3.63) is 35.4 Å². The molecule has 0 saturated heterocycles. The van der Waals surface area contributed by atoms with Gasteiger partial charge in [-0.2, -0.15) is 0 Å². The summed E-state index contributed by atoms with van der Waals surface area (Å²) in [7, 11) is 0. The van der Waals surface area contributed by atoms with E-state index in [-0.39, 0.29) is 5.84 Å². The molecule has 0 aliphatic heterocycles. The van der Waals surface area contributed by atoms with Crippen LogP contribution in [0.5, 0.6) is 0 Å². The molecule has 1 aromatic rings. The Morgan fingerprint density at radius 3 is 2.12 bits per heavy atom. The molecule has 0 atom stereocenters. The molecule has 1 rings (SSSR count). The zero-order valence-electron chi connectivity index (χ0n) is 9.64. The number of hydrogen-bond donors (Lipinski definition) is 3. The Morgan fingerprint density at radius 1 is 1.25 bits per heavy atom. The van der Waals surface area contributed by atoms with Gasteiger partial charge in [0.05, 0.1) is 5.60 Å². The van der Waals surface area contributed by atoms with Crippen LogP contribution in [0.25, 0.3) is 0 Å². The largest absolute Gasteiger partial charge is 0.409 e. The van der Waals surface area contributed by atoms with Crippen LogP contribution >= 0.6 is 0 Å². The first-order valence-electron chi connectivity index (χ1n) is 5.38. The molecule has 88 valence electrons. The van der Waals surface area contributed by atoms with Crippen molar-refractivity contribution in [2.24, 2.45) is 10.9 Å². The summed E-state index contributed by atoms with van der Waals surface area (Å²) in [6.45, 7) is 3.89. The van der Waals surface area contributed by atoms with Crippen LogP contribution in [0.4, 0.5) is 0 Å². The summed E-state index contributed by atoms with van der Waals surface area (Å²) in [5, 5.41) is 21.7. The van der Waals surface area contributed by atoms with E-state index in [2.05, 4.69) is 5.16 Å². The molecule has 0 amide bonds. The Hall–Kier alpha value is -1.55. The Morgan fingerprint density at radius 2 is 1.75 bits per heavy atom. The molecule has 16 heavy (non-hydrogen) atoms. The summed E-state index contributed by atoms with van der Waals surface area (Å²) in [6, 6.07) is 7.09. The minimum Gasteiger partial charge on any atom is -0.409 e. The predicted octanol–water partition coefficient (Wildman–Crippen LogP) is 1.79. The number of amidine groups is 1. The molecular formula is C12H18N2O2. The lowest BCUT2D eigenvalue weighted by molar-refractivity contribution is 0.0284. The molecule has 0 aliphatic rings. The highest BCUT2D eigenvalue weighted by molar-refractivity contribution is 5.96. The van der Waals surface area contributed by atoms with Gasteiger partial charge in [0, 0.05) is 5.56 Å². The van der Waals surface area contributed by atoms with E-state index in [1.807, 2.05) is 13.8 Å². The van der Waals surface area contributed by atoms with Gasteiger partial charge in [-0.25, -0.2) is 0 Å². The highest BCUT2D eigenvalue weighted by Gasteiger charge is 2.24. The van der Waals surface area contributed by atoms with Crippen molar-refractivity contribution in [1.29, 1.82) is 0 Å². The first-order chi connectivity index (χ1) is 7.57. The van der Waals surface area contributed by atoms with Crippen LogP contribution in [0.1, 0.15) is 37.8 Å². The van der Waals surface area contributed by atoms with Crippen molar-refractivity contribution in [3.8, 4) is 0 Å². The molecule has 0 saturated carbocycles. The van der Waals surface area contributed by atoms with E-state index in [1.165, 1.54) is 0 Å². The summed E-state index contributed by atoms with van der Waals surface area (Å²) in [5.41, 5.74) is 6.16. The molecule has 0 bridgehead atoms. The molecule has 0 spiro atoms. The number of benzene rings is 1. The van der Waals surface area contributed by atoms with Crippen molar-refractivity contribution in [2.45, 2.75) is 32.3 Å². The Kier molecular flexibility index (Phi) is 3.90. The van der Waals surface area contributed by atoms with E-state index >= 15 is 0 Å². The van der Waals surface area contributed by atoms with E-state index in [4.69, 9.17) is 10.9 Å². The van der Waals surface area contributed by atoms with Crippen molar-refractivity contribution in [2.75, 3.05) is 0 Å². The second kappa shape index (κ2) is 4.99. The topological polar surface area (TPSA) is 78.8 Å². The van der Waals surface area contributed by atoms with Gasteiger partial charge in [-0.05, 0) is 18.4 Å². The fourth-order valence-electron chi connectivity index (χ4n) is 1.67. The third kappa shape index (κ3) is 2.33. The SMILES string of the molecule is CCC(O)(CC)c1ccc(/C(N)=N/O)cc1. The normalized spacial score (nSPS) is 12.8. The zero-order valence-corrected chi connectivity index (χ0v) is 9.64. The van der Waals surface area contributed by atoms with Gasteiger partial charge >= 0.3 is 0 Å². The smallest absolute Gasteiger partial charge is 0.170 e. The lowest BCUT2D eigenvalue weighted by atomic mass is 9.88. The summed E-state index contributed by atoms with van der Waals surface area (Å²) in [4.78, 5) is 0. The number of oxime groups is 1. The van der Waals surface area contributed by atoms with Gasteiger partial charge in [0.25, 0.3) is 0 Å². The van der Waals surface area contributed by atoms with Gasteiger partial charge in [0.1, 0.15) is 0 Å². The van der Waals surface area contributed by atoms with Gasteiger partial charge in [0.2, 0.25) is 0 Å². The monoisotopic (exact) mass is 222 g/mol. The molecule has 0 unspecified atom stereocenters. The Bertz CT molecular complexity index is 367. The van der Waals surface area contributed by atoms with Crippen molar-refractivity contribution >= 4 is 5.84 Å². The Labute approximate surface area is 95.4 Å². The van der Waals surface area contributed by atoms with Gasteiger partial charge in [-0.1, -0.05) is 43.3 Å². The minimum atomic E-state index is -0.788. The van der Waals surface area contributed by atoms with Crippen LogP contribution in [-0.4, -0.2) is 16.1 Å². The van der Waals surface area contributed by atoms with Crippen LogP contribution in [0.3, 0.4) is 0 Å². The summed E-state index contributed by atoms with van der Waals surface area (Å²) in [5.74, 6) is 0.0723. The average Bonchev–Trinajstić information content (AvgIpc) is 2.37. The third-order valence-electron chi connectivity index (χ3n) is 3.00. The average molecular weight is 222 g/mol. The second-order valence-electron chi connectivity index (χ2n) is 3.80. The number of nitrogens with two attached hydrogens (primary N) is 1. The standard InChI is InChI=1S/C12H18N2O2/c1-3-12(15,4-2)10-7-5-9(6-8-10)11(13)14-16/h5-8,15-16H,3-4H2,1-2H3,(H2,13,14). The lowest BCUT2D eigenvalue weighted by Gasteiger charge is -2.25. The molecule has 4 heteroatoms. The van der Waals surface area contributed by atoms with Crippen molar-refractivity contribution < 1.29 is 10.3 Å². The number of nitrogens with zero attached hydrogens (tertiary/aromatic N) is 1. The Balaban J connectivity index is 3.03. The van der Waals surface area contributed by atoms with E-state index in [0.29, 0.717) is 18.4 Å². The van der Waals surface area contributed by atoms with Gasteiger partial charge in [-0.15, -0.1) is 0 Å². The molecule has 0 heterocycles. The van der Waals surface area contributed by atoms with Crippen LogP contribution < -0.4 is 5.73 Å². The maximum absolute atomic E-state index is 10.3. The molecule has 0 aromatic heterocycles. The number of aliphatic hydroxyl groups is 1. The lowest BCUT2D eigenvalue weighted by Crippen LogP contribution is -2.23. The minimum absolute atomic E-state index is 0.0723. The van der Waals surface area contributed by atoms with E-state index < -0.39 is 5.60 Å². The van der Waals surface area contributed by atoms with Crippen molar-refractivity contribution in [1.82, 2.24) is 0 Å². The molecule has 4 nitrogen and oxygen atoms in total. The number of rotatable bonds is 4. The number of hydrogen-bond acceptors (Lipinski definition) is 3. The summed E-state index contributed by atoms with van der Waals surface area (Å²) in [6.07, 6.45) is 1.32. The van der Waals surface area contributed by atoms with Gasteiger partial charge in [-0.3, -0.25) is 0 Å². The highest BCUT2D eigenvalue weighted by Crippen LogP contribution is 2.28. The van der Waals surface area contributed by atoms with E-state index in [0.717, 1.165) is 5.56 Å². The first-order valence-corrected chi connectivity index (χ1v) is 5.38. The third-order valence-corrected chi connectivity index (χ3v) is 3.00. The highest BCUT2D eigenvalue weighted by atomic mass is 16.4. The van der Waals surface area contributed by atoms with Crippen LogP contribution in [-0.2, 0) is 5.60 Å². The first kappa shape index (κ1) is 12.5. The molecule has 0 aliphatic carbocycles. The van der Waals surface area contributed by atoms with Crippen LogP contribution in [0, 0.1) is 0 Å². The maximum atomic E-state index is 10.3. The van der Waals surface area contributed by atoms with Crippen LogP contribution in [0.15, 0.2) is 29.4 Å². The molecule has 0 fully saturated rings. The molecule has 4 N–H and O–H groups in total. The van der Waals surface area contributed by atoms with Crippen LogP contribution in [0.2, 0.25) is 0 Å². The predicted molar refractivity (Wildman–Crippen MR) is 63.4 cm³/mol. The summed E-state index contributed by atoms with van der Waals surface area (Å²) < 4.78 is 0. The van der Waals surface area contributed by atoms with Crippen molar-refractivity contribution in [3.63, 3.8) is 0 Å². The molecule has 0 radical (unpaired) electrons. The fraction of sp³-hybridized carbons (Fsp3) is 0.417. The molecular weight excluding hydrogens is 204 g/mol. The molecule has 1 aromatic carbocycles. The van der Waals surface area contributed by atoms with E-state index in [1.54, 1.807) is 24.3 Å². The zero-order chi connectivity index (χ0) is 12.2. The second-order valence-corrected chi connectivity index (χ2v) is 3.80. The quantitative estimate of drug-likeness (QED) is 0.314. The fourth-order valence-corrected chi connectivity index (χ4v) is 1.67.